The van der Waals surface area contributed by atoms with Crippen LogP contribution in [0.25, 0.3) is 0 Å². The average molecular weight is 432 g/mol. The van der Waals surface area contributed by atoms with Gasteiger partial charge in [-0.25, -0.2) is 0 Å². The van der Waals surface area contributed by atoms with E-state index in [0.29, 0.717) is 35.6 Å². The van der Waals surface area contributed by atoms with Crippen molar-refractivity contribution in [3.63, 3.8) is 0 Å². The van der Waals surface area contributed by atoms with Gasteiger partial charge >= 0.3 is 0 Å². The summed E-state index contributed by atoms with van der Waals surface area (Å²) in [6.45, 7) is 9.36. The monoisotopic (exact) mass is 431 g/mol. The summed E-state index contributed by atoms with van der Waals surface area (Å²) in [7, 11) is 0. The summed E-state index contributed by atoms with van der Waals surface area (Å²) in [6.07, 6.45) is 9.43. The average Bonchev–Trinajstić information content (AvgIpc) is 3.09. The van der Waals surface area contributed by atoms with Gasteiger partial charge in [0.2, 0.25) is 0 Å². The van der Waals surface area contributed by atoms with Gasteiger partial charge in [-0.3, -0.25) is 4.90 Å². The van der Waals surface area contributed by atoms with Crippen LogP contribution >= 0.6 is 0 Å². The fourth-order valence-electron chi connectivity index (χ4n) is 10.6. The molecule has 31 heavy (non-hydrogen) atoms. The summed E-state index contributed by atoms with van der Waals surface area (Å²) in [6, 6.07) is 0.355. The Kier molecular flexibility index (Phi) is 4.94. The van der Waals surface area contributed by atoms with Crippen LogP contribution in [-0.4, -0.2) is 57.2 Å². The fourth-order valence-corrected chi connectivity index (χ4v) is 10.6. The van der Waals surface area contributed by atoms with Gasteiger partial charge < -0.3 is 15.3 Å². The number of piperidine rings is 2. The molecule has 0 bridgehead atoms. The first-order valence-corrected chi connectivity index (χ1v) is 13.5. The second kappa shape index (κ2) is 7.17. The van der Waals surface area contributed by atoms with Crippen molar-refractivity contribution in [2.75, 3.05) is 13.1 Å². The molecule has 0 aromatic heterocycles. The van der Waals surface area contributed by atoms with Gasteiger partial charge in [0.05, 0.1) is 17.8 Å². The van der Waals surface area contributed by atoms with Crippen LogP contribution in [0.3, 0.4) is 0 Å². The Labute approximate surface area is 188 Å². The number of nitrogens with zero attached hydrogens (tertiary/aromatic N) is 1. The van der Waals surface area contributed by atoms with Gasteiger partial charge in [-0.15, -0.1) is 0 Å². The van der Waals surface area contributed by atoms with Crippen molar-refractivity contribution in [3.8, 4) is 0 Å². The first kappa shape index (κ1) is 21.4. The highest BCUT2D eigenvalue weighted by molar-refractivity contribution is 5.14. The maximum absolute atomic E-state index is 11.8. The van der Waals surface area contributed by atoms with E-state index in [-0.39, 0.29) is 23.5 Å². The van der Waals surface area contributed by atoms with Crippen molar-refractivity contribution in [3.05, 3.63) is 0 Å². The van der Waals surface area contributed by atoms with Crippen molar-refractivity contribution in [1.29, 1.82) is 0 Å². The molecule has 6 rings (SSSR count). The number of hydrogen-bond acceptors (Lipinski definition) is 4. The van der Waals surface area contributed by atoms with Crippen LogP contribution in [0.1, 0.15) is 78.6 Å². The standard InChI is InChI=1S/C27H45NO3/c1-15-4-7-25-27(3,31)21-6-5-17-18(20(21)14-28(25)13-15)11-22-19(17)12-24(30)23-10-16(29)8-9-26(22,23)2/h15-25,29-31H,4-14H2,1-3H3/t15-,16+,17-,18-,19+,20-,21-,22+,23-,24-,25+,26-,27+/m1/s1. The second-order valence-electron chi connectivity index (χ2n) is 13.4. The molecule has 2 aliphatic heterocycles. The molecule has 4 nitrogen and oxygen atoms in total. The molecule has 6 fully saturated rings. The summed E-state index contributed by atoms with van der Waals surface area (Å²) in [5, 5.41) is 33.3. The molecule has 0 spiro atoms. The number of aliphatic hydroxyl groups excluding tert-OH is 2. The molecule has 0 amide bonds. The minimum absolute atomic E-state index is 0.188. The van der Waals surface area contributed by atoms with Gasteiger partial charge in [-0.1, -0.05) is 13.8 Å². The zero-order valence-corrected chi connectivity index (χ0v) is 19.9. The van der Waals surface area contributed by atoms with E-state index in [0.717, 1.165) is 50.5 Å². The highest BCUT2D eigenvalue weighted by Crippen LogP contribution is 2.67. The Balaban J connectivity index is 1.30. The summed E-state index contributed by atoms with van der Waals surface area (Å²) in [5.74, 6) is 4.89. The molecule has 4 saturated carbocycles. The lowest BCUT2D eigenvalue weighted by molar-refractivity contribution is -0.176. The highest BCUT2D eigenvalue weighted by atomic mass is 16.3. The van der Waals surface area contributed by atoms with Gasteiger partial charge in [0.25, 0.3) is 0 Å². The SMILES string of the molecule is C[C@@H]1CC[C@@H]2N(C1)C[C@@H]1[C@@H]3C[C@H]4[C@@H](C[C@@H](O)[C@H]5C[C@@H](O)CC[C@@]54C)[C@@H]3CC[C@H]1[C@]2(C)O. The van der Waals surface area contributed by atoms with E-state index in [9.17, 15) is 15.3 Å². The molecule has 2 heterocycles. The lowest BCUT2D eigenvalue weighted by Crippen LogP contribution is -2.67. The van der Waals surface area contributed by atoms with E-state index in [4.69, 9.17) is 0 Å². The van der Waals surface area contributed by atoms with Gasteiger partial charge in [0.1, 0.15) is 0 Å². The van der Waals surface area contributed by atoms with E-state index >= 15 is 0 Å². The van der Waals surface area contributed by atoms with Gasteiger partial charge in [-0.05, 0) is 117 Å². The summed E-state index contributed by atoms with van der Waals surface area (Å²) >= 11 is 0. The minimum Gasteiger partial charge on any atom is -0.393 e. The van der Waals surface area contributed by atoms with Crippen molar-refractivity contribution in [2.45, 2.75) is 102 Å². The molecule has 0 radical (unpaired) electrons. The highest BCUT2D eigenvalue weighted by Gasteiger charge is 2.64. The van der Waals surface area contributed by atoms with Gasteiger partial charge in [0, 0.05) is 19.1 Å². The zero-order valence-electron chi connectivity index (χ0n) is 19.9. The Bertz CT molecular complexity index is 711. The maximum Gasteiger partial charge on any atom is 0.0805 e. The van der Waals surface area contributed by atoms with Gasteiger partial charge in [-0.2, -0.15) is 0 Å². The number of aliphatic hydroxyl groups is 3. The lowest BCUT2D eigenvalue weighted by Gasteiger charge is -2.60. The molecule has 6 aliphatic rings. The molecule has 0 aromatic rings. The predicted octanol–water partition coefficient (Wildman–Crippen LogP) is 3.68. The molecule has 3 N–H and O–H groups in total. The third kappa shape index (κ3) is 3.00. The molecule has 176 valence electrons. The summed E-state index contributed by atoms with van der Waals surface area (Å²) in [4.78, 5) is 2.68. The number of rotatable bonds is 0. The van der Waals surface area contributed by atoms with Crippen LogP contribution in [-0.2, 0) is 0 Å². The third-order valence-electron chi connectivity index (χ3n) is 12.0. The third-order valence-corrected chi connectivity index (χ3v) is 12.0. The molecular weight excluding hydrogens is 386 g/mol. The number of hydrogen-bond donors (Lipinski definition) is 3. The molecule has 0 aromatic carbocycles. The molecule has 4 aliphatic carbocycles. The normalized spacial score (nSPS) is 61.5. The Hall–Kier alpha value is -0.160. The zero-order chi connectivity index (χ0) is 21.7. The Morgan fingerprint density at radius 1 is 0.742 bits per heavy atom. The van der Waals surface area contributed by atoms with Crippen LogP contribution in [0.5, 0.6) is 0 Å². The van der Waals surface area contributed by atoms with E-state index in [1.165, 1.54) is 32.2 Å². The van der Waals surface area contributed by atoms with E-state index in [1.807, 2.05) is 0 Å². The summed E-state index contributed by atoms with van der Waals surface area (Å²) in [5.41, 5.74) is -0.365. The van der Waals surface area contributed by atoms with E-state index in [2.05, 4.69) is 25.7 Å². The van der Waals surface area contributed by atoms with Crippen molar-refractivity contribution in [2.24, 2.45) is 52.8 Å². The molecule has 13 atom stereocenters. The fraction of sp³-hybridized carbons (Fsp3) is 1.00. The van der Waals surface area contributed by atoms with Crippen LogP contribution < -0.4 is 0 Å². The quantitative estimate of drug-likeness (QED) is 0.547. The predicted molar refractivity (Wildman–Crippen MR) is 121 cm³/mol. The molecule has 4 heteroatoms. The largest absolute Gasteiger partial charge is 0.393 e. The van der Waals surface area contributed by atoms with Crippen molar-refractivity contribution < 1.29 is 15.3 Å². The molecular formula is C27H45NO3. The van der Waals surface area contributed by atoms with Crippen LogP contribution in [0.15, 0.2) is 0 Å². The topological polar surface area (TPSA) is 63.9 Å². The molecule has 2 saturated heterocycles. The Morgan fingerprint density at radius 3 is 2.35 bits per heavy atom. The minimum atomic E-state index is -0.553. The van der Waals surface area contributed by atoms with Gasteiger partial charge in [0.15, 0.2) is 0 Å². The molecule has 0 unspecified atom stereocenters. The van der Waals surface area contributed by atoms with Crippen molar-refractivity contribution in [1.82, 2.24) is 4.90 Å². The first-order valence-electron chi connectivity index (χ1n) is 13.5. The summed E-state index contributed by atoms with van der Waals surface area (Å²) < 4.78 is 0. The Morgan fingerprint density at radius 2 is 1.55 bits per heavy atom. The smallest absolute Gasteiger partial charge is 0.0805 e. The number of fused-ring (bicyclic) bond motifs is 8. The second-order valence-corrected chi connectivity index (χ2v) is 13.4. The lowest BCUT2D eigenvalue weighted by atomic mass is 9.51. The van der Waals surface area contributed by atoms with E-state index in [1.54, 1.807) is 0 Å². The maximum atomic E-state index is 11.8. The van der Waals surface area contributed by atoms with Crippen LogP contribution in [0.4, 0.5) is 0 Å². The van der Waals surface area contributed by atoms with Crippen LogP contribution in [0.2, 0.25) is 0 Å². The first-order chi connectivity index (χ1) is 14.7. The van der Waals surface area contributed by atoms with E-state index < -0.39 is 5.60 Å². The van der Waals surface area contributed by atoms with Crippen molar-refractivity contribution >= 4 is 0 Å². The van der Waals surface area contributed by atoms with Crippen LogP contribution in [0, 0.1) is 52.8 Å².